The Morgan fingerprint density at radius 2 is 1.95 bits per heavy atom. The quantitative estimate of drug-likeness (QED) is 0.700. The Morgan fingerprint density at radius 3 is 2.74 bits per heavy atom. The van der Waals surface area contributed by atoms with Gasteiger partial charge in [0.2, 0.25) is 0 Å². The standard InChI is InChI=1S/C16H19N3/c1-4-19-15(10-13(3)17-19)11-18-8-7-14-9-12(2)5-6-16(14)18/h5-10H,4,11H2,1-3H3. The fourth-order valence-electron chi connectivity index (χ4n) is 2.63. The Balaban J connectivity index is 2.01. The molecule has 0 aliphatic heterocycles. The number of fused-ring (bicyclic) bond motifs is 1. The van der Waals surface area contributed by atoms with E-state index >= 15 is 0 Å². The molecule has 0 unspecified atom stereocenters. The van der Waals surface area contributed by atoms with Crippen LogP contribution < -0.4 is 0 Å². The summed E-state index contributed by atoms with van der Waals surface area (Å²) in [6.45, 7) is 8.11. The average Bonchev–Trinajstić information content (AvgIpc) is 2.93. The number of aromatic nitrogens is 3. The lowest BCUT2D eigenvalue weighted by molar-refractivity contribution is 0.602. The zero-order valence-electron chi connectivity index (χ0n) is 11.7. The van der Waals surface area contributed by atoms with Crippen LogP contribution >= 0.6 is 0 Å². The van der Waals surface area contributed by atoms with E-state index in [-0.39, 0.29) is 0 Å². The van der Waals surface area contributed by atoms with Gasteiger partial charge >= 0.3 is 0 Å². The van der Waals surface area contributed by atoms with Gasteiger partial charge in [-0.15, -0.1) is 0 Å². The van der Waals surface area contributed by atoms with Crippen LogP contribution in [0.3, 0.4) is 0 Å². The molecule has 0 atom stereocenters. The molecule has 0 N–H and O–H groups in total. The molecule has 0 fully saturated rings. The third kappa shape index (κ3) is 2.16. The molecule has 0 amide bonds. The van der Waals surface area contributed by atoms with Gasteiger partial charge in [0.25, 0.3) is 0 Å². The van der Waals surface area contributed by atoms with Crippen LogP contribution in [0.25, 0.3) is 10.9 Å². The molecule has 3 rings (SSSR count). The fraction of sp³-hybridized carbons (Fsp3) is 0.312. The molecular weight excluding hydrogens is 234 g/mol. The van der Waals surface area contributed by atoms with Crippen LogP contribution in [0.5, 0.6) is 0 Å². The Kier molecular flexibility index (Phi) is 2.90. The highest BCUT2D eigenvalue weighted by Gasteiger charge is 2.07. The number of benzene rings is 1. The second-order valence-corrected chi connectivity index (χ2v) is 5.10. The predicted molar refractivity (Wildman–Crippen MR) is 78.4 cm³/mol. The average molecular weight is 253 g/mol. The van der Waals surface area contributed by atoms with Gasteiger partial charge in [-0.05, 0) is 50.4 Å². The minimum Gasteiger partial charge on any atom is -0.341 e. The SMILES string of the molecule is CCn1nc(C)cc1Cn1ccc2cc(C)ccc21. The minimum absolute atomic E-state index is 0.876. The van der Waals surface area contributed by atoms with Crippen molar-refractivity contribution in [2.24, 2.45) is 0 Å². The van der Waals surface area contributed by atoms with E-state index in [2.05, 4.69) is 64.7 Å². The minimum atomic E-state index is 0.876. The second kappa shape index (κ2) is 4.57. The van der Waals surface area contributed by atoms with Gasteiger partial charge < -0.3 is 4.57 Å². The molecule has 0 radical (unpaired) electrons. The highest BCUT2D eigenvalue weighted by molar-refractivity contribution is 5.80. The van der Waals surface area contributed by atoms with E-state index < -0.39 is 0 Å². The smallest absolute Gasteiger partial charge is 0.0645 e. The van der Waals surface area contributed by atoms with E-state index in [0.717, 1.165) is 18.8 Å². The maximum Gasteiger partial charge on any atom is 0.0645 e. The van der Waals surface area contributed by atoms with Crippen LogP contribution in [0, 0.1) is 13.8 Å². The molecule has 2 aromatic heterocycles. The summed E-state index contributed by atoms with van der Waals surface area (Å²) in [4.78, 5) is 0. The van der Waals surface area contributed by atoms with Gasteiger partial charge in [0.05, 0.1) is 17.9 Å². The highest BCUT2D eigenvalue weighted by atomic mass is 15.3. The fourth-order valence-corrected chi connectivity index (χ4v) is 2.63. The number of hydrogen-bond acceptors (Lipinski definition) is 1. The maximum absolute atomic E-state index is 4.51. The van der Waals surface area contributed by atoms with Gasteiger partial charge in [-0.1, -0.05) is 11.6 Å². The second-order valence-electron chi connectivity index (χ2n) is 5.10. The molecule has 0 aliphatic rings. The van der Waals surface area contributed by atoms with Crippen molar-refractivity contribution >= 4 is 10.9 Å². The van der Waals surface area contributed by atoms with E-state index in [1.807, 2.05) is 6.92 Å². The van der Waals surface area contributed by atoms with Crippen molar-refractivity contribution in [1.29, 1.82) is 0 Å². The molecule has 0 bridgehead atoms. The van der Waals surface area contributed by atoms with Crippen molar-refractivity contribution in [2.45, 2.75) is 33.9 Å². The normalized spacial score (nSPS) is 11.3. The van der Waals surface area contributed by atoms with E-state index in [1.165, 1.54) is 22.2 Å². The molecule has 0 aliphatic carbocycles. The van der Waals surface area contributed by atoms with Crippen LogP contribution in [0.15, 0.2) is 36.5 Å². The summed E-state index contributed by atoms with van der Waals surface area (Å²) in [6.07, 6.45) is 2.16. The molecule has 3 heteroatoms. The summed E-state index contributed by atoms with van der Waals surface area (Å²) in [5, 5.41) is 5.81. The Bertz CT molecular complexity index is 719. The number of nitrogens with zero attached hydrogens (tertiary/aromatic N) is 3. The molecular formula is C16H19N3. The largest absolute Gasteiger partial charge is 0.341 e. The van der Waals surface area contributed by atoms with E-state index in [0.29, 0.717) is 0 Å². The first-order valence-electron chi connectivity index (χ1n) is 6.76. The summed E-state index contributed by atoms with van der Waals surface area (Å²) in [5.41, 5.74) is 4.94. The van der Waals surface area contributed by atoms with Gasteiger partial charge in [-0.2, -0.15) is 5.10 Å². The van der Waals surface area contributed by atoms with Gasteiger partial charge in [0.15, 0.2) is 0 Å². The van der Waals surface area contributed by atoms with E-state index in [1.54, 1.807) is 0 Å². The van der Waals surface area contributed by atoms with E-state index in [9.17, 15) is 0 Å². The summed E-state index contributed by atoms with van der Waals surface area (Å²) >= 11 is 0. The summed E-state index contributed by atoms with van der Waals surface area (Å²) < 4.78 is 4.37. The van der Waals surface area contributed by atoms with Gasteiger partial charge in [-0.3, -0.25) is 4.68 Å². The van der Waals surface area contributed by atoms with Crippen molar-refractivity contribution in [2.75, 3.05) is 0 Å². The van der Waals surface area contributed by atoms with Crippen LogP contribution in [-0.2, 0) is 13.1 Å². The summed E-state index contributed by atoms with van der Waals surface area (Å²) in [7, 11) is 0. The van der Waals surface area contributed by atoms with Crippen molar-refractivity contribution < 1.29 is 0 Å². The number of aryl methyl sites for hydroxylation is 3. The van der Waals surface area contributed by atoms with Gasteiger partial charge in [-0.25, -0.2) is 0 Å². The lowest BCUT2D eigenvalue weighted by Gasteiger charge is -2.07. The molecule has 1 aromatic carbocycles. The maximum atomic E-state index is 4.51. The molecule has 3 aromatic rings. The van der Waals surface area contributed by atoms with Crippen molar-refractivity contribution in [3.8, 4) is 0 Å². The predicted octanol–water partition coefficient (Wildman–Crippen LogP) is 3.52. The zero-order chi connectivity index (χ0) is 13.4. The van der Waals surface area contributed by atoms with Crippen LogP contribution in [0.2, 0.25) is 0 Å². The first kappa shape index (κ1) is 12.0. The van der Waals surface area contributed by atoms with Crippen LogP contribution in [0.4, 0.5) is 0 Å². The van der Waals surface area contributed by atoms with E-state index in [4.69, 9.17) is 0 Å². The third-order valence-electron chi connectivity index (χ3n) is 3.54. The van der Waals surface area contributed by atoms with Crippen molar-refractivity contribution in [3.05, 3.63) is 53.5 Å². The molecule has 0 saturated heterocycles. The van der Waals surface area contributed by atoms with Crippen LogP contribution in [-0.4, -0.2) is 14.3 Å². The van der Waals surface area contributed by atoms with Gasteiger partial charge in [0, 0.05) is 18.3 Å². The highest BCUT2D eigenvalue weighted by Crippen LogP contribution is 2.19. The lowest BCUT2D eigenvalue weighted by Crippen LogP contribution is -2.07. The molecule has 2 heterocycles. The summed E-state index contributed by atoms with van der Waals surface area (Å²) in [5.74, 6) is 0. The zero-order valence-corrected chi connectivity index (χ0v) is 11.7. The Labute approximate surface area is 113 Å². The lowest BCUT2D eigenvalue weighted by atomic mass is 10.2. The number of rotatable bonds is 3. The molecule has 0 spiro atoms. The first-order valence-corrected chi connectivity index (χ1v) is 6.76. The topological polar surface area (TPSA) is 22.8 Å². The van der Waals surface area contributed by atoms with Gasteiger partial charge in [0.1, 0.15) is 0 Å². The Morgan fingerprint density at radius 1 is 1.11 bits per heavy atom. The molecule has 98 valence electrons. The number of hydrogen-bond donors (Lipinski definition) is 0. The summed E-state index contributed by atoms with van der Waals surface area (Å²) in [6, 6.07) is 10.9. The molecule has 3 nitrogen and oxygen atoms in total. The van der Waals surface area contributed by atoms with Crippen LogP contribution in [0.1, 0.15) is 23.9 Å². The molecule has 19 heavy (non-hydrogen) atoms. The van der Waals surface area contributed by atoms with Crippen molar-refractivity contribution in [1.82, 2.24) is 14.3 Å². The van der Waals surface area contributed by atoms with Crippen molar-refractivity contribution in [3.63, 3.8) is 0 Å². The molecule has 0 saturated carbocycles. The third-order valence-corrected chi connectivity index (χ3v) is 3.54. The Hall–Kier alpha value is -2.03. The monoisotopic (exact) mass is 253 g/mol. The first-order chi connectivity index (χ1) is 9.17.